The van der Waals surface area contributed by atoms with Crippen LogP contribution in [0.3, 0.4) is 0 Å². The first kappa shape index (κ1) is 20.0. The number of benzene rings is 2. The van der Waals surface area contributed by atoms with E-state index in [1.165, 1.54) is 4.90 Å². The van der Waals surface area contributed by atoms with E-state index in [1.807, 2.05) is 42.5 Å². The summed E-state index contributed by atoms with van der Waals surface area (Å²) in [6, 6.07) is 13.2. The number of carbonyl (C=O) groups is 2. The van der Waals surface area contributed by atoms with Gasteiger partial charge in [-0.3, -0.25) is 9.69 Å². The molecule has 0 spiro atoms. The van der Waals surface area contributed by atoms with E-state index in [0.717, 1.165) is 48.0 Å². The van der Waals surface area contributed by atoms with Crippen LogP contribution in [0.2, 0.25) is 0 Å². The number of hydrogen-bond acceptors (Lipinski definition) is 4. The van der Waals surface area contributed by atoms with Crippen molar-refractivity contribution in [2.45, 2.75) is 38.1 Å². The van der Waals surface area contributed by atoms with Gasteiger partial charge in [-0.05, 0) is 50.3 Å². The van der Waals surface area contributed by atoms with Crippen LogP contribution in [-0.4, -0.2) is 39.9 Å². The van der Waals surface area contributed by atoms with Gasteiger partial charge in [-0.15, -0.1) is 0 Å². The highest BCUT2D eigenvalue weighted by Gasteiger charge is 2.36. The van der Waals surface area contributed by atoms with Gasteiger partial charge in [-0.2, -0.15) is 0 Å². The summed E-state index contributed by atoms with van der Waals surface area (Å²) in [5.41, 5.74) is 3.26. The summed E-state index contributed by atoms with van der Waals surface area (Å²) in [7, 11) is 0. The monoisotopic (exact) mass is 447 g/mol. The molecule has 3 aliphatic rings. The predicted octanol–water partition coefficient (Wildman–Crippen LogP) is 4.91. The van der Waals surface area contributed by atoms with Gasteiger partial charge in [-0.25, -0.2) is 4.79 Å². The molecular formula is C25H25N3O5. The fraction of sp³-hybridized carbons (Fsp3) is 0.360. The summed E-state index contributed by atoms with van der Waals surface area (Å²) in [5, 5.41) is 14.1. The Hall–Kier alpha value is -3.68. The normalized spacial score (nSPS) is 19.6. The minimum atomic E-state index is -0.943. The van der Waals surface area contributed by atoms with Crippen LogP contribution in [-0.2, 0) is 4.79 Å². The number of ether oxygens (including phenoxy) is 2. The van der Waals surface area contributed by atoms with Crippen LogP contribution in [0, 0.1) is 5.92 Å². The lowest BCUT2D eigenvalue weighted by molar-refractivity contribution is -0.117. The van der Waals surface area contributed by atoms with Crippen LogP contribution >= 0.6 is 0 Å². The van der Waals surface area contributed by atoms with E-state index in [-0.39, 0.29) is 24.7 Å². The van der Waals surface area contributed by atoms with E-state index in [9.17, 15) is 14.7 Å². The molecule has 0 radical (unpaired) electrons. The molecule has 2 fully saturated rings. The molecule has 1 aromatic heterocycles. The van der Waals surface area contributed by atoms with Crippen molar-refractivity contribution in [1.82, 2.24) is 9.47 Å². The number of anilines is 1. The number of piperidine rings is 1. The van der Waals surface area contributed by atoms with E-state index in [0.29, 0.717) is 30.2 Å². The number of rotatable bonds is 4. The Bertz CT molecular complexity index is 1260. The van der Waals surface area contributed by atoms with Gasteiger partial charge in [0.05, 0.1) is 22.9 Å². The van der Waals surface area contributed by atoms with E-state index in [2.05, 4.69) is 9.88 Å². The molecule has 2 aromatic carbocycles. The third-order valence-corrected chi connectivity index (χ3v) is 6.79. The Kier molecular flexibility index (Phi) is 4.67. The number of carbonyl (C=O) groups excluding carboxylic acids is 1. The summed E-state index contributed by atoms with van der Waals surface area (Å²) >= 11 is 0. The van der Waals surface area contributed by atoms with Crippen molar-refractivity contribution in [2.75, 3.05) is 18.7 Å². The molecule has 1 atom stereocenters. The highest BCUT2D eigenvalue weighted by molar-refractivity contribution is 6.05. The number of amides is 2. The first-order valence-corrected chi connectivity index (χ1v) is 11.5. The molecule has 6 rings (SSSR count). The SMILES string of the molecule is O=C(Nc1c(C2CCCCN2C(=O)O)n(-c2ccc3c(c2)OCO3)c2ccccc12)C1CC1. The van der Waals surface area contributed by atoms with E-state index >= 15 is 0 Å². The maximum Gasteiger partial charge on any atom is 0.407 e. The van der Waals surface area contributed by atoms with Crippen LogP contribution < -0.4 is 14.8 Å². The molecule has 1 unspecified atom stereocenters. The maximum atomic E-state index is 12.9. The van der Waals surface area contributed by atoms with Gasteiger partial charge >= 0.3 is 6.09 Å². The number of carboxylic acid groups (broad SMARTS) is 1. The summed E-state index contributed by atoms with van der Waals surface area (Å²) < 4.78 is 13.2. The molecule has 8 nitrogen and oxygen atoms in total. The van der Waals surface area contributed by atoms with Gasteiger partial charge in [0.2, 0.25) is 12.7 Å². The zero-order valence-electron chi connectivity index (χ0n) is 18.1. The highest BCUT2D eigenvalue weighted by atomic mass is 16.7. The molecule has 1 aliphatic carbocycles. The number of fused-ring (bicyclic) bond motifs is 2. The second-order valence-electron chi connectivity index (χ2n) is 8.90. The molecule has 2 aliphatic heterocycles. The number of nitrogens with one attached hydrogen (secondary N) is 1. The first-order valence-electron chi connectivity index (χ1n) is 11.5. The second kappa shape index (κ2) is 7.72. The Labute approximate surface area is 190 Å². The first-order chi connectivity index (χ1) is 16.1. The Morgan fingerprint density at radius 1 is 1.00 bits per heavy atom. The van der Waals surface area contributed by atoms with E-state index in [4.69, 9.17) is 9.47 Å². The van der Waals surface area contributed by atoms with Crippen LogP contribution in [0.25, 0.3) is 16.6 Å². The van der Waals surface area contributed by atoms with Crippen LogP contribution in [0.1, 0.15) is 43.8 Å². The second-order valence-corrected chi connectivity index (χ2v) is 8.90. The topological polar surface area (TPSA) is 93.0 Å². The zero-order valence-corrected chi connectivity index (χ0v) is 18.1. The van der Waals surface area contributed by atoms with E-state index in [1.54, 1.807) is 0 Å². The van der Waals surface area contributed by atoms with Crippen molar-refractivity contribution >= 4 is 28.6 Å². The molecule has 0 bridgehead atoms. The number of nitrogens with zero attached hydrogens (tertiary/aromatic N) is 2. The van der Waals surface area contributed by atoms with Crippen LogP contribution in [0.15, 0.2) is 42.5 Å². The Morgan fingerprint density at radius 2 is 1.82 bits per heavy atom. The predicted molar refractivity (Wildman–Crippen MR) is 122 cm³/mol. The van der Waals surface area contributed by atoms with Gasteiger partial charge in [0.15, 0.2) is 11.5 Å². The van der Waals surface area contributed by atoms with Crippen LogP contribution in [0.4, 0.5) is 10.5 Å². The smallest absolute Gasteiger partial charge is 0.407 e. The number of likely N-dealkylation sites (tertiary alicyclic amines) is 1. The molecule has 2 amide bonds. The molecule has 3 heterocycles. The number of para-hydroxylation sites is 1. The van der Waals surface area contributed by atoms with Gasteiger partial charge in [0.1, 0.15) is 0 Å². The summed E-state index contributed by atoms with van der Waals surface area (Å²) in [6.07, 6.45) is 3.30. The molecule has 170 valence electrons. The van der Waals surface area contributed by atoms with Crippen molar-refractivity contribution in [3.8, 4) is 17.2 Å². The molecular weight excluding hydrogens is 422 g/mol. The molecule has 8 heteroatoms. The third-order valence-electron chi connectivity index (χ3n) is 6.79. The average Bonchev–Trinajstić information content (AvgIpc) is 3.50. The molecule has 1 saturated carbocycles. The summed E-state index contributed by atoms with van der Waals surface area (Å²) in [5.74, 6) is 1.37. The Balaban J connectivity index is 1.60. The fourth-order valence-electron chi connectivity index (χ4n) is 5.02. The van der Waals surface area contributed by atoms with E-state index < -0.39 is 6.09 Å². The number of aromatic nitrogens is 1. The Morgan fingerprint density at radius 3 is 2.64 bits per heavy atom. The van der Waals surface area contributed by atoms with Crippen molar-refractivity contribution in [3.63, 3.8) is 0 Å². The highest BCUT2D eigenvalue weighted by Crippen LogP contribution is 2.45. The van der Waals surface area contributed by atoms with Crippen molar-refractivity contribution in [3.05, 3.63) is 48.2 Å². The third kappa shape index (κ3) is 3.37. The van der Waals surface area contributed by atoms with Gasteiger partial charge in [0.25, 0.3) is 0 Å². The molecule has 33 heavy (non-hydrogen) atoms. The van der Waals surface area contributed by atoms with Crippen molar-refractivity contribution in [1.29, 1.82) is 0 Å². The van der Waals surface area contributed by atoms with Crippen molar-refractivity contribution < 1.29 is 24.2 Å². The standard InChI is InChI=1S/C25H25N3O5/c29-24(15-8-9-15)26-22-17-5-1-2-6-18(17)28(16-10-11-20-21(13-16)33-14-32-20)23(22)19-7-3-4-12-27(19)25(30)31/h1-2,5-6,10-11,13,15,19H,3-4,7-9,12,14H2,(H,26,29)(H,30,31). The summed E-state index contributed by atoms with van der Waals surface area (Å²) in [4.78, 5) is 26.6. The molecule has 1 saturated heterocycles. The van der Waals surface area contributed by atoms with Crippen molar-refractivity contribution in [2.24, 2.45) is 5.92 Å². The minimum Gasteiger partial charge on any atom is -0.465 e. The minimum absolute atomic E-state index is 0.00234. The fourth-order valence-corrected chi connectivity index (χ4v) is 5.02. The summed E-state index contributed by atoms with van der Waals surface area (Å²) in [6.45, 7) is 0.648. The average molecular weight is 447 g/mol. The van der Waals surface area contributed by atoms with Gasteiger partial charge in [0, 0.05) is 29.6 Å². The lowest BCUT2D eigenvalue weighted by Gasteiger charge is -2.35. The lowest BCUT2D eigenvalue weighted by Crippen LogP contribution is -2.38. The maximum absolute atomic E-state index is 12.9. The van der Waals surface area contributed by atoms with Gasteiger partial charge < -0.3 is 24.5 Å². The van der Waals surface area contributed by atoms with Crippen LogP contribution in [0.5, 0.6) is 11.5 Å². The zero-order chi connectivity index (χ0) is 22.5. The number of hydrogen-bond donors (Lipinski definition) is 2. The molecule has 2 N–H and O–H groups in total. The largest absolute Gasteiger partial charge is 0.465 e. The van der Waals surface area contributed by atoms with Gasteiger partial charge in [-0.1, -0.05) is 18.2 Å². The lowest BCUT2D eigenvalue weighted by atomic mass is 9.98. The quantitative estimate of drug-likeness (QED) is 0.593. The molecule has 3 aromatic rings.